The minimum absolute atomic E-state index is 0.192. The summed E-state index contributed by atoms with van der Waals surface area (Å²) in [6.07, 6.45) is 2.64. The second-order valence-electron chi connectivity index (χ2n) is 5.56. The van der Waals surface area contributed by atoms with Crippen molar-refractivity contribution in [3.63, 3.8) is 0 Å². The van der Waals surface area contributed by atoms with Gasteiger partial charge in [0.25, 0.3) is 0 Å². The minimum Gasteiger partial charge on any atom is -0.469 e. The molecule has 0 amide bonds. The number of rotatable bonds is 11. The van der Waals surface area contributed by atoms with E-state index >= 15 is 0 Å². The van der Waals surface area contributed by atoms with Gasteiger partial charge in [-0.15, -0.1) is 0 Å². The first kappa shape index (κ1) is 21.9. The van der Waals surface area contributed by atoms with E-state index in [1.54, 1.807) is 18.2 Å². The van der Waals surface area contributed by atoms with Crippen molar-refractivity contribution in [2.45, 2.75) is 31.3 Å². The number of esters is 1. The SMILES string of the molecule is COC(=O)CC(O)(C#N)CSCCCCCNc1ccc(Cl)cc1Cl. The molecule has 25 heavy (non-hydrogen) atoms. The normalized spacial score (nSPS) is 12.9. The molecular weight excluding hydrogens is 383 g/mol. The number of nitrogens with zero attached hydrogens (tertiary/aromatic N) is 1. The fourth-order valence-corrected chi connectivity index (χ4v) is 3.57. The van der Waals surface area contributed by atoms with Crippen molar-refractivity contribution < 1.29 is 14.6 Å². The van der Waals surface area contributed by atoms with Gasteiger partial charge in [0.05, 0.1) is 30.3 Å². The van der Waals surface area contributed by atoms with Gasteiger partial charge < -0.3 is 15.2 Å². The lowest BCUT2D eigenvalue weighted by atomic mass is 10.1. The third-order valence-electron chi connectivity index (χ3n) is 3.43. The van der Waals surface area contributed by atoms with Crippen molar-refractivity contribution in [2.24, 2.45) is 0 Å². The Morgan fingerprint density at radius 2 is 2.16 bits per heavy atom. The maximum atomic E-state index is 11.2. The minimum atomic E-state index is -1.66. The number of methoxy groups -OCH3 is 1. The van der Waals surface area contributed by atoms with Crippen molar-refractivity contribution in [3.05, 3.63) is 28.2 Å². The van der Waals surface area contributed by atoms with Crippen LogP contribution >= 0.6 is 35.0 Å². The summed E-state index contributed by atoms with van der Waals surface area (Å²) in [5.74, 6) is 0.418. The molecular formula is C17H22Cl2N2O3S. The number of carbonyl (C=O) groups excluding carboxylic acids is 1. The molecule has 1 aromatic carbocycles. The molecule has 0 saturated carbocycles. The fourth-order valence-electron chi connectivity index (χ4n) is 2.04. The van der Waals surface area contributed by atoms with Crippen LogP contribution in [-0.4, -0.2) is 41.8 Å². The molecule has 0 aliphatic heterocycles. The molecule has 1 rings (SSSR count). The number of benzene rings is 1. The zero-order valence-corrected chi connectivity index (χ0v) is 16.4. The van der Waals surface area contributed by atoms with Crippen LogP contribution in [0.5, 0.6) is 0 Å². The fraction of sp³-hybridized carbons (Fsp3) is 0.529. The third kappa shape index (κ3) is 8.68. The highest BCUT2D eigenvalue weighted by atomic mass is 35.5. The Hall–Kier alpha value is -1.13. The number of hydrogen-bond donors (Lipinski definition) is 2. The second kappa shape index (κ2) is 11.5. The van der Waals surface area contributed by atoms with Crippen LogP contribution < -0.4 is 5.32 Å². The number of anilines is 1. The van der Waals surface area contributed by atoms with Gasteiger partial charge in [0.1, 0.15) is 0 Å². The highest BCUT2D eigenvalue weighted by molar-refractivity contribution is 7.99. The van der Waals surface area contributed by atoms with Crippen molar-refractivity contribution in [3.8, 4) is 6.07 Å². The van der Waals surface area contributed by atoms with Crippen LogP contribution in [-0.2, 0) is 9.53 Å². The molecule has 1 aromatic rings. The molecule has 5 nitrogen and oxygen atoms in total. The Morgan fingerprint density at radius 1 is 1.40 bits per heavy atom. The Morgan fingerprint density at radius 3 is 2.80 bits per heavy atom. The number of nitriles is 1. The first-order valence-corrected chi connectivity index (χ1v) is 9.78. The summed E-state index contributed by atoms with van der Waals surface area (Å²) in [5, 5.41) is 23.5. The summed E-state index contributed by atoms with van der Waals surface area (Å²) in [6, 6.07) is 7.13. The highest BCUT2D eigenvalue weighted by Crippen LogP contribution is 2.25. The predicted octanol–water partition coefficient (Wildman–Crippen LogP) is 4.13. The lowest BCUT2D eigenvalue weighted by Crippen LogP contribution is -2.33. The first-order valence-electron chi connectivity index (χ1n) is 7.87. The van der Waals surface area contributed by atoms with Crippen molar-refractivity contribution in [1.82, 2.24) is 0 Å². The molecule has 0 aliphatic rings. The number of ether oxygens (including phenoxy) is 1. The summed E-state index contributed by atoms with van der Waals surface area (Å²) in [7, 11) is 1.23. The topological polar surface area (TPSA) is 82.3 Å². The molecule has 0 bridgehead atoms. The molecule has 8 heteroatoms. The van der Waals surface area contributed by atoms with Crippen molar-refractivity contribution >= 4 is 46.6 Å². The number of carbonyl (C=O) groups is 1. The predicted molar refractivity (Wildman–Crippen MR) is 103 cm³/mol. The van der Waals surface area contributed by atoms with Gasteiger partial charge in [0, 0.05) is 17.3 Å². The van der Waals surface area contributed by atoms with Gasteiger partial charge >= 0.3 is 5.97 Å². The van der Waals surface area contributed by atoms with E-state index in [-0.39, 0.29) is 12.2 Å². The average molecular weight is 405 g/mol. The van der Waals surface area contributed by atoms with Crippen LogP contribution in [0.4, 0.5) is 5.69 Å². The van der Waals surface area contributed by atoms with Crippen LogP contribution in [0.2, 0.25) is 10.0 Å². The third-order valence-corrected chi connectivity index (χ3v) is 5.23. The van der Waals surface area contributed by atoms with Gasteiger partial charge in [-0.05, 0) is 36.8 Å². The number of aliphatic hydroxyl groups is 1. The van der Waals surface area contributed by atoms with E-state index in [9.17, 15) is 9.90 Å². The largest absolute Gasteiger partial charge is 0.469 e. The zero-order chi connectivity index (χ0) is 18.7. The Kier molecular flexibility index (Phi) is 10.1. The number of halogens is 2. The Bertz CT molecular complexity index is 610. The molecule has 1 unspecified atom stereocenters. The summed E-state index contributed by atoms with van der Waals surface area (Å²) < 4.78 is 4.49. The van der Waals surface area contributed by atoms with E-state index in [2.05, 4.69) is 10.1 Å². The van der Waals surface area contributed by atoms with Crippen molar-refractivity contribution in [2.75, 3.05) is 30.5 Å². The van der Waals surface area contributed by atoms with E-state index in [1.165, 1.54) is 18.9 Å². The monoisotopic (exact) mass is 404 g/mol. The van der Waals surface area contributed by atoms with Gasteiger partial charge in [0.15, 0.2) is 5.60 Å². The maximum absolute atomic E-state index is 11.2. The lowest BCUT2D eigenvalue weighted by molar-refractivity contribution is -0.143. The quantitative estimate of drug-likeness (QED) is 0.327. The van der Waals surface area contributed by atoms with E-state index in [0.717, 1.165) is 37.2 Å². The van der Waals surface area contributed by atoms with Gasteiger partial charge in [-0.25, -0.2) is 0 Å². The zero-order valence-electron chi connectivity index (χ0n) is 14.1. The van der Waals surface area contributed by atoms with E-state index in [0.29, 0.717) is 10.0 Å². The standard InChI is InChI=1S/C17H22Cl2N2O3S/c1-24-16(22)10-17(23,11-20)12-25-8-4-2-3-7-21-15-6-5-13(18)9-14(15)19/h5-6,9,21,23H,2-4,7-8,10,12H2,1H3. The van der Waals surface area contributed by atoms with Gasteiger partial charge in [-0.2, -0.15) is 17.0 Å². The summed E-state index contributed by atoms with van der Waals surface area (Å²) in [6.45, 7) is 0.802. The highest BCUT2D eigenvalue weighted by Gasteiger charge is 2.30. The molecule has 0 heterocycles. The summed E-state index contributed by atoms with van der Waals surface area (Å²) in [5.41, 5.74) is -0.799. The molecule has 2 N–H and O–H groups in total. The van der Waals surface area contributed by atoms with Gasteiger partial charge in [0.2, 0.25) is 0 Å². The molecule has 0 aromatic heterocycles. The van der Waals surface area contributed by atoms with Crippen molar-refractivity contribution in [1.29, 1.82) is 5.26 Å². The van der Waals surface area contributed by atoms with Crippen LogP contribution in [0.15, 0.2) is 18.2 Å². The summed E-state index contributed by atoms with van der Waals surface area (Å²) >= 11 is 13.4. The Balaban J connectivity index is 2.14. The van der Waals surface area contributed by atoms with Gasteiger partial charge in [-0.3, -0.25) is 4.79 Å². The molecule has 0 spiro atoms. The maximum Gasteiger partial charge on any atom is 0.309 e. The Labute approximate surface area is 162 Å². The summed E-state index contributed by atoms with van der Waals surface area (Å²) in [4.78, 5) is 11.2. The number of hydrogen-bond acceptors (Lipinski definition) is 6. The van der Waals surface area contributed by atoms with Gasteiger partial charge in [-0.1, -0.05) is 29.6 Å². The number of thioether (sulfide) groups is 1. The molecule has 1 atom stereocenters. The first-order chi connectivity index (χ1) is 11.9. The molecule has 0 aliphatic carbocycles. The number of nitrogens with one attached hydrogen (secondary N) is 1. The molecule has 0 saturated heterocycles. The van der Waals surface area contributed by atoms with E-state index in [1.807, 2.05) is 6.07 Å². The van der Waals surface area contributed by atoms with Crippen LogP contribution in [0.3, 0.4) is 0 Å². The molecule has 0 radical (unpaired) electrons. The second-order valence-corrected chi connectivity index (χ2v) is 7.51. The molecule has 138 valence electrons. The van der Waals surface area contributed by atoms with Crippen LogP contribution in [0.1, 0.15) is 25.7 Å². The van der Waals surface area contributed by atoms with E-state index in [4.69, 9.17) is 28.5 Å². The average Bonchev–Trinajstić information content (AvgIpc) is 2.58. The lowest BCUT2D eigenvalue weighted by Gasteiger charge is -2.18. The number of unbranched alkanes of at least 4 members (excludes halogenated alkanes) is 2. The smallest absolute Gasteiger partial charge is 0.309 e. The van der Waals surface area contributed by atoms with E-state index < -0.39 is 11.6 Å². The van der Waals surface area contributed by atoms with Crippen LogP contribution in [0, 0.1) is 11.3 Å². The van der Waals surface area contributed by atoms with Crippen LogP contribution in [0.25, 0.3) is 0 Å². The molecule has 0 fully saturated rings.